The molecule has 0 aliphatic rings. The van der Waals surface area contributed by atoms with Gasteiger partial charge in [0.25, 0.3) is 0 Å². The van der Waals surface area contributed by atoms with Gasteiger partial charge in [-0.05, 0) is 37.6 Å². The van der Waals surface area contributed by atoms with Crippen molar-refractivity contribution in [3.05, 3.63) is 53.6 Å². The Hall–Kier alpha value is -2.23. The number of rotatable bonds is 3. The van der Waals surface area contributed by atoms with E-state index in [-0.39, 0.29) is 11.6 Å². The number of hydrogen-bond donors (Lipinski definition) is 1. The Morgan fingerprint density at radius 2 is 2.06 bits per heavy atom. The molecule has 1 aromatic heterocycles. The van der Waals surface area contributed by atoms with Crippen molar-refractivity contribution in [3.63, 3.8) is 0 Å². The van der Waals surface area contributed by atoms with Crippen LogP contribution < -0.4 is 5.32 Å². The van der Waals surface area contributed by atoms with E-state index in [1.807, 2.05) is 6.92 Å². The van der Waals surface area contributed by atoms with Gasteiger partial charge >= 0.3 is 0 Å². The standard InChI is InChI=1S/C14H13FN2O/c1-9-3-4-13(12(15)7-9)17-14-8-16-6-5-11(14)10(2)18/h3-8,17H,1-2H3. The van der Waals surface area contributed by atoms with Crippen molar-refractivity contribution < 1.29 is 9.18 Å². The number of benzene rings is 1. The number of nitrogens with zero attached hydrogens (tertiary/aromatic N) is 1. The highest BCUT2D eigenvalue weighted by atomic mass is 19.1. The summed E-state index contributed by atoms with van der Waals surface area (Å²) < 4.78 is 13.7. The zero-order valence-electron chi connectivity index (χ0n) is 10.2. The Labute approximate surface area is 105 Å². The highest BCUT2D eigenvalue weighted by Gasteiger charge is 2.09. The Morgan fingerprint density at radius 1 is 1.28 bits per heavy atom. The second kappa shape index (κ2) is 4.96. The monoisotopic (exact) mass is 244 g/mol. The minimum Gasteiger partial charge on any atom is -0.351 e. The van der Waals surface area contributed by atoms with Crippen LogP contribution in [-0.2, 0) is 0 Å². The number of halogens is 1. The van der Waals surface area contributed by atoms with E-state index < -0.39 is 0 Å². The lowest BCUT2D eigenvalue weighted by atomic mass is 10.1. The van der Waals surface area contributed by atoms with Crippen LogP contribution in [-0.4, -0.2) is 10.8 Å². The van der Waals surface area contributed by atoms with Crippen LogP contribution in [0.1, 0.15) is 22.8 Å². The van der Waals surface area contributed by atoms with Crippen LogP contribution in [0.3, 0.4) is 0 Å². The van der Waals surface area contributed by atoms with Gasteiger partial charge in [-0.3, -0.25) is 9.78 Å². The van der Waals surface area contributed by atoms with E-state index in [1.165, 1.54) is 25.4 Å². The van der Waals surface area contributed by atoms with Crippen LogP contribution in [0.4, 0.5) is 15.8 Å². The zero-order valence-corrected chi connectivity index (χ0v) is 10.2. The number of aromatic nitrogens is 1. The first-order chi connectivity index (χ1) is 8.58. The molecule has 3 nitrogen and oxygen atoms in total. The lowest BCUT2D eigenvalue weighted by Crippen LogP contribution is -2.02. The third-order valence-electron chi connectivity index (χ3n) is 2.59. The summed E-state index contributed by atoms with van der Waals surface area (Å²) in [7, 11) is 0. The minimum absolute atomic E-state index is 0.0904. The molecular weight excluding hydrogens is 231 g/mol. The summed E-state index contributed by atoms with van der Waals surface area (Å²) in [6, 6.07) is 6.49. The first-order valence-electron chi connectivity index (χ1n) is 5.56. The third kappa shape index (κ3) is 2.53. The topological polar surface area (TPSA) is 42.0 Å². The maximum absolute atomic E-state index is 13.7. The molecule has 1 aromatic carbocycles. The van der Waals surface area contributed by atoms with E-state index in [9.17, 15) is 9.18 Å². The van der Waals surface area contributed by atoms with Gasteiger partial charge in [-0.1, -0.05) is 6.07 Å². The van der Waals surface area contributed by atoms with Crippen LogP contribution >= 0.6 is 0 Å². The molecule has 0 amide bonds. The smallest absolute Gasteiger partial charge is 0.162 e. The van der Waals surface area contributed by atoms with Crippen LogP contribution in [0, 0.1) is 12.7 Å². The summed E-state index contributed by atoms with van der Waals surface area (Å²) in [5.74, 6) is -0.444. The van der Waals surface area contributed by atoms with Crippen molar-refractivity contribution in [1.29, 1.82) is 0 Å². The van der Waals surface area contributed by atoms with Crippen LogP contribution in [0.2, 0.25) is 0 Å². The van der Waals surface area contributed by atoms with Gasteiger partial charge in [0, 0.05) is 11.8 Å². The predicted molar refractivity (Wildman–Crippen MR) is 68.7 cm³/mol. The number of carbonyl (C=O) groups excluding carboxylic acids is 1. The van der Waals surface area contributed by atoms with Crippen LogP contribution in [0.5, 0.6) is 0 Å². The highest BCUT2D eigenvalue weighted by Crippen LogP contribution is 2.23. The van der Waals surface area contributed by atoms with Crippen LogP contribution in [0.15, 0.2) is 36.7 Å². The molecule has 0 spiro atoms. The molecule has 0 atom stereocenters. The van der Waals surface area contributed by atoms with E-state index >= 15 is 0 Å². The van der Waals surface area contributed by atoms with E-state index in [1.54, 1.807) is 18.2 Å². The molecule has 0 saturated heterocycles. The van der Waals surface area contributed by atoms with Crippen molar-refractivity contribution in [2.45, 2.75) is 13.8 Å². The SMILES string of the molecule is CC(=O)c1ccncc1Nc1ccc(C)cc1F. The second-order valence-corrected chi connectivity index (χ2v) is 4.09. The molecule has 0 saturated carbocycles. The fraction of sp³-hybridized carbons (Fsp3) is 0.143. The molecule has 18 heavy (non-hydrogen) atoms. The number of pyridine rings is 1. The summed E-state index contributed by atoms with van der Waals surface area (Å²) in [5, 5.41) is 2.89. The fourth-order valence-electron chi connectivity index (χ4n) is 1.67. The molecule has 4 heteroatoms. The van der Waals surface area contributed by atoms with Gasteiger partial charge in [0.2, 0.25) is 0 Å². The lowest BCUT2D eigenvalue weighted by Gasteiger charge is -2.10. The molecular formula is C14H13FN2O. The highest BCUT2D eigenvalue weighted by molar-refractivity contribution is 5.99. The number of hydrogen-bond acceptors (Lipinski definition) is 3. The molecule has 0 aliphatic heterocycles. The van der Waals surface area contributed by atoms with E-state index in [0.29, 0.717) is 16.9 Å². The average molecular weight is 244 g/mol. The molecule has 0 bridgehead atoms. The summed E-state index contributed by atoms with van der Waals surface area (Å²) in [4.78, 5) is 15.4. The Balaban J connectivity index is 2.37. The summed E-state index contributed by atoms with van der Waals surface area (Å²) in [6.07, 6.45) is 3.05. The number of aryl methyl sites for hydroxylation is 1. The number of Topliss-reactive ketones (excluding diaryl/α,β-unsaturated/α-hetero) is 1. The van der Waals surface area contributed by atoms with Gasteiger partial charge in [0.05, 0.1) is 17.6 Å². The van der Waals surface area contributed by atoms with Crippen molar-refractivity contribution in [2.24, 2.45) is 0 Å². The van der Waals surface area contributed by atoms with Crippen molar-refractivity contribution in [2.75, 3.05) is 5.32 Å². The van der Waals surface area contributed by atoms with Gasteiger partial charge in [0.1, 0.15) is 5.82 Å². The van der Waals surface area contributed by atoms with Gasteiger partial charge in [-0.25, -0.2) is 4.39 Å². The van der Waals surface area contributed by atoms with E-state index in [0.717, 1.165) is 5.56 Å². The molecule has 92 valence electrons. The first-order valence-corrected chi connectivity index (χ1v) is 5.56. The maximum Gasteiger partial charge on any atom is 0.162 e. The predicted octanol–water partition coefficient (Wildman–Crippen LogP) is 3.48. The molecule has 2 aromatic rings. The normalized spacial score (nSPS) is 10.2. The fourth-order valence-corrected chi connectivity index (χ4v) is 1.67. The molecule has 1 N–H and O–H groups in total. The number of ketones is 1. The van der Waals surface area contributed by atoms with Gasteiger partial charge < -0.3 is 5.32 Å². The Bertz CT molecular complexity index is 596. The number of nitrogens with one attached hydrogen (secondary N) is 1. The second-order valence-electron chi connectivity index (χ2n) is 4.09. The Kier molecular flexibility index (Phi) is 3.37. The van der Waals surface area contributed by atoms with Crippen molar-refractivity contribution >= 4 is 17.2 Å². The van der Waals surface area contributed by atoms with Crippen molar-refractivity contribution in [3.8, 4) is 0 Å². The van der Waals surface area contributed by atoms with Gasteiger partial charge in [-0.15, -0.1) is 0 Å². The molecule has 0 radical (unpaired) electrons. The van der Waals surface area contributed by atoms with Crippen LogP contribution in [0.25, 0.3) is 0 Å². The largest absolute Gasteiger partial charge is 0.351 e. The first kappa shape index (κ1) is 12.2. The van der Waals surface area contributed by atoms with Gasteiger partial charge in [0.15, 0.2) is 5.78 Å². The Morgan fingerprint density at radius 3 is 2.72 bits per heavy atom. The number of carbonyl (C=O) groups is 1. The molecule has 2 rings (SSSR count). The zero-order chi connectivity index (χ0) is 13.1. The summed E-state index contributed by atoms with van der Waals surface area (Å²) in [5.41, 5.74) is 2.17. The number of anilines is 2. The van der Waals surface area contributed by atoms with E-state index in [2.05, 4.69) is 10.3 Å². The maximum atomic E-state index is 13.7. The third-order valence-corrected chi connectivity index (χ3v) is 2.59. The summed E-state index contributed by atoms with van der Waals surface area (Å²) in [6.45, 7) is 3.28. The lowest BCUT2D eigenvalue weighted by molar-refractivity contribution is 0.101. The molecule has 0 aliphatic carbocycles. The quantitative estimate of drug-likeness (QED) is 0.840. The summed E-state index contributed by atoms with van der Waals surface area (Å²) >= 11 is 0. The average Bonchev–Trinajstić information content (AvgIpc) is 2.33. The molecule has 0 unspecified atom stereocenters. The van der Waals surface area contributed by atoms with Crippen molar-refractivity contribution in [1.82, 2.24) is 4.98 Å². The molecule has 0 fully saturated rings. The van der Waals surface area contributed by atoms with Gasteiger partial charge in [-0.2, -0.15) is 0 Å². The molecule has 1 heterocycles. The minimum atomic E-state index is -0.353. The van der Waals surface area contributed by atoms with E-state index in [4.69, 9.17) is 0 Å².